The molecule has 0 radical (unpaired) electrons. The molecule has 5 heterocycles. The van der Waals surface area contributed by atoms with Crippen molar-refractivity contribution in [3.8, 4) is 22.6 Å². The molecule has 0 unspecified atom stereocenters. The summed E-state index contributed by atoms with van der Waals surface area (Å²) in [6, 6.07) is 8.14. The van der Waals surface area contributed by atoms with Crippen LogP contribution in [0.5, 0.6) is 11.5 Å². The van der Waals surface area contributed by atoms with Gasteiger partial charge in [-0.3, -0.25) is 13.9 Å². The number of hydrogen-bond donors (Lipinski definition) is 2. The van der Waals surface area contributed by atoms with Crippen molar-refractivity contribution in [2.45, 2.75) is 45.3 Å². The largest absolute Gasteiger partial charge is 0.494 e. The molecule has 2 N–H and O–H groups in total. The van der Waals surface area contributed by atoms with Crippen molar-refractivity contribution in [2.24, 2.45) is 7.05 Å². The van der Waals surface area contributed by atoms with Crippen LogP contribution in [0.15, 0.2) is 42.9 Å². The maximum absolute atomic E-state index is 13.4. The Morgan fingerprint density at radius 3 is 2.41 bits per heavy atom. The molecule has 300 valence electrons. The van der Waals surface area contributed by atoms with Gasteiger partial charge in [-0.1, -0.05) is 0 Å². The highest BCUT2D eigenvalue weighted by Crippen LogP contribution is 2.42. The van der Waals surface area contributed by atoms with Crippen molar-refractivity contribution >= 4 is 50.5 Å². The molecule has 3 aliphatic rings. The van der Waals surface area contributed by atoms with Crippen molar-refractivity contribution in [3.05, 3.63) is 54.0 Å². The number of carbonyl (C=O) groups excluding carboxylic acids is 1. The van der Waals surface area contributed by atoms with Crippen LogP contribution in [-0.2, 0) is 28.2 Å². The van der Waals surface area contributed by atoms with Gasteiger partial charge in [0, 0.05) is 107 Å². The van der Waals surface area contributed by atoms with Crippen molar-refractivity contribution in [1.29, 1.82) is 0 Å². The first-order valence-corrected chi connectivity index (χ1v) is 20.9. The summed E-state index contributed by atoms with van der Waals surface area (Å²) in [6.45, 7) is 10.2. The maximum atomic E-state index is 13.4. The summed E-state index contributed by atoms with van der Waals surface area (Å²) in [6.07, 6.45) is 8.76. The van der Waals surface area contributed by atoms with Crippen LogP contribution in [0.3, 0.4) is 0 Å². The van der Waals surface area contributed by atoms with Crippen molar-refractivity contribution in [2.75, 3.05) is 93.2 Å². The lowest BCUT2D eigenvalue weighted by molar-refractivity contribution is 0.0378. The molecule has 0 atom stereocenters. The summed E-state index contributed by atoms with van der Waals surface area (Å²) in [7, 11) is 3.55. The molecule has 0 saturated carbocycles. The van der Waals surface area contributed by atoms with Gasteiger partial charge in [-0.15, -0.1) is 0 Å². The van der Waals surface area contributed by atoms with E-state index in [0.29, 0.717) is 47.6 Å². The second kappa shape index (κ2) is 16.2. The SMILES string of the molecule is COc1cc(N2CCC(N3CCN(C)CC3)CC2)c(-c2cnn(C)c2)cc1Nc1ncc(C(=O)OC(C)C)c(Nc2cc3c(cc2N(C)S(C)(=O)=O)CCO3)n1. The average molecular weight is 789 g/mol. The number of fused-ring (bicyclic) bond motifs is 1. The van der Waals surface area contributed by atoms with Gasteiger partial charge in [-0.05, 0) is 51.4 Å². The third-order valence-electron chi connectivity index (χ3n) is 10.7. The standard InChI is InChI=1S/C39H52N10O6S/c1-25(2)55-38(50)30-23-40-39(44-37(30)42-31-20-35-26(10-17-54-35)18-34(31)47(5)56(7,51)52)43-32-19-29(27-22-41-46(4)24-27)33(21-36(32)53-6)49-11-8-28(9-12-49)48-15-13-45(3)14-16-48/h18-25,28H,8-17H2,1-7H3,(H2,40,42,43,44). The number of aryl methyl sites for hydroxylation is 1. The summed E-state index contributed by atoms with van der Waals surface area (Å²) in [5, 5.41) is 11.0. The minimum atomic E-state index is -3.65. The molecule has 7 rings (SSSR count). The number of anilines is 6. The van der Waals surface area contributed by atoms with Gasteiger partial charge in [-0.25, -0.2) is 18.2 Å². The first-order chi connectivity index (χ1) is 26.8. The quantitative estimate of drug-likeness (QED) is 0.194. The fourth-order valence-electron chi connectivity index (χ4n) is 7.51. The number of piperidine rings is 1. The van der Waals surface area contributed by atoms with Crippen LogP contribution in [0.4, 0.5) is 34.5 Å². The molecule has 2 fully saturated rings. The molecule has 16 nitrogen and oxygen atoms in total. The van der Waals surface area contributed by atoms with Gasteiger partial charge in [-0.2, -0.15) is 10.1 Å². The number of hydrogen-bond acceptors (Lipinski definition) is 14. The number of piperazine rings is 1. The third-order valence-corrected chi connectivity index (χ3v) is 11.9. The zero-order valence-electron chi connectivity index (χ0n) is 33.2. The predicted molar refractivity (Wildman–Crippen MR) is 218 cm³/mol. The first kappa shape index (κ1) is 39.1. The lowest BCUT2D eigenvalue weighted by Crippen LogP contribution is -2.52. The number of aromatic nitrogens is 4. The van der Waals surface area contributed by atoms with E-state index in [2.05, 4.69) is 42.5 Å². The molecule has 17 heteroatoms. The second-order valence-corrected chi connectivity index (χ2v) is 17.0. The number of rotatable bonds is 12. The van der Waals surface area contributed by atoms with Gasteiger partial charge in [0.25, 0.3) is 0 Å². The van der Waals surface area contributed by atoms with E-state index in [1.54, 1.807) is 37.8 Å². The van der Waals surface area contributed by atoms with Crippen LogP contribution in [0.2, 0.25) is 0 Å². The number of sulfonamides is 1. The summed E-state index contributed by atoms with van der Waals surface area (Å²) >= 11 is 0. The lowest BCUT2D eigenvalue weighted by atomic mass is 9.98. The molecule has 0 amide bonds. The topological polar surface area (TPSA) is 160 Å². The first-order valence-electron chi connectivity index (χ1n) is 19.0. The Morgan fingerprint density at radius 1 is 1.00 bits per heavy atom. The molecule has 2 aromatic heterocycles. The highest BCUT2D eigenvalue weighted by molar-refractivity contribution is 7.92. The van der Waals surface area contributed by atoms with Gasteiger partial charge >= 0.3 is 5.97 Å². The van der Waals surface area contributed by atoms with Crippen LogP contribution in [0.25, 0.3) is 11.1 Å². The number of carbonyl (C=O) groups is 1. The van der Waals surface area contributed by atoms with E-state index >= 15 is 0 Å². The summed E-state index contributed by atoms with van der Waals surface area (Å²) in [5.41, 5.74) is 5.27. The van der Waals surface area contributed by atoms with Gasteiger partial charge in [0.1, 0.15) is 17.1 Å². The van der Waals surface area contributed by atoms with Gasteiger partial charge < -0.3 is 34.6 Å². The zero-order chi connectivity index (χ0) is 39.7. The smallest absolute Gasteiger partial charge is 0.343 e. The molecule has 0 bridgehead atoms. The fourth-order valence-corrected chi connectivity index (χ4v) is 8.02. The minimum absolute atomic E-state index is 0.0666. The van der Waals surface area contributed by atoms with Crippen LogP contribution in [-0.4, -0.2) is 129 Å². The average Bonchev–Trinajstić information content (AvgIpc) is 3.82. The second-order valence-electron chi connectivity index (χ2n) is 15.0. The number of nitrogens with zero attached hydrogens (tertiary/aromatic N) is 8. The Morgan fingerprint density at radius 2 is 1.75 bits per heavy atom. The van der Waals surface area contributed by atoms with Crippen LogP contribution in [0, 0.1) is 0 Å². The number of methoxy groups -OCH3 is 1. The Balaban J connectivity index is 1.23. The highest BCUT2D eigenvalue weighted by Gasteiger charge is 2.29. The molecular weight excluding hydrogens is 737 g/mol. The zero-order valence-corrected chi connectivity index (χ0v) is 34.0. The molecule has 0 spiro atoms. The summed E-state index contributed by atoms with van der Waals surface area (Å²) < 4.78 is 45.8. The summed E-state index contributed by atoms with van der Waals surface area (Å²) in [4.78, 5) is 30.1. The number of nitrogens with one attached hydrogen (secondary N) is 2. The van der Waals surface area contributed by atoms with E-state index in [-0.39, 0.29) is 17.3 Å². The molecule has 3 aliphatic heterocycles. The van der Waals surface area contributed by atoms with Crippen LogP contribution >= 0.6 is 0 Å². The lowest BCUT2D eigenvalue weighted by Gasteiger charge is -2.43. The van der Waals surface area contributed by atoms with Crippen molar-refractivity contribution in [1.82, 2.24) is 29.5 Å². The van der Waals surface area contributed by atoms with Crippen molar-refractivity contribution in [3.63, 3.8) is 0 Å². The number of benzene rings is 2. The minimum Gasteiger partial charge on any atom is -0.494 e. The van der Waals surface area contributed by atoms with E-state index in [0.717, 1.165) is 80.7 Å². The number of esters is 1. The van der Waals surface area contributed by atoms with Crippen molar-refractivity contribution < 1.29 is 27.4 Å². The number of likely N-dealkylation sites (N-methyl/N-ethyl adjacent to an activating group) is 1. The Bertz CT molecular complexity index is 2180. The fraction of sp³-hybridized carbons (Fsp3) is 0.487. The predicted octanol–water partition coefficient (Wildman–Crippen LogP) is 4.49. The van der Waals surface area contributed by atoms with Crippen LogP contribution in [0.1, 0.15) is 42.6 Å². The van der Waals surface area contributed by atoms with Gasteiger partial charge in [0.2, 0.25) is 16.0 Å². The van der Waals surface area contributed by atoms with E-state index in [9.17, 15) is 13.2 Å². The Kier molecular flexibility index (Phi) is 11.3. The van der Waals surface area contributed by atoms with Crippen LogP contribution < -0.4 is 29.3 Å². The molecule has 2 aromatic carbocycles. The highest BCUT2D eigenvalue weighted by atomic mass is 32.2. The molecule has 56 heavy (non-hydrogen) atoms. The van der Waals surface area contributed by atoms with E-state index in [1.807, 2.05) is 31.6 Å². The summed E-state index contributed by atoms with van der Waals surface area (Å²) in [5.74, 6) is 0.846. The van der Waals surface area contributed by atoms with Gasteiger partial charge in [0.15, 0.2) is 5.82 Å². The number of ether oxygens (including phenoxy) is 3. The van der Waals surface area contributed by atoms with Gasteiger partial charge in [0.05, 0.1) is 49.3 Å². The monoisotopic (exact) mass is 788 g/mol. The molecule has 0 aliphatic carbocycles. The Labute approximate surface area is 328 Å². The third kappa shape index (κ3) is 8.49. The van der Waals surface area contributed by atoms with E-state index in [1.165, 1.54) is 17.5 Å². The molecule has 2 saturated heterocycles. The Hall–Kier alpha value is -5.13. The molecular formula is C39H52N10O6S. The van der Waals surface area contributed by atoms with E-state index < -0.39 is 22.1 Å². The normalized spacial score (nSPS) is 16.8. The molecule has 4 aromatic rings. The van der Waals surface area contributed by atoms with E-state index in [4.69, 9.17) is 19.2 Å². The maximum Gasteiger partial charge on any atom is 0.343 e.